The van der Waals surface area contributed by atoms with Crippen molar-refractivity contribution in [1.82, 2.24) is 0 Å². The minimum absolute atomic E-state index is 0.133. The molecule has 0 N–H and O–H groups in total. The van der Waals surface area contributed by atoms with E-state index < -0.39 is 0 Å². The van der Waals surface area contributed by atoms with E-state index in [0.717, 1.165) is 16.8 Å². The summed E-state index contributed by atoms with van der Waals surface area (Å²) >= 11 is 7.66. The predicted molar refractivity (Wildman–Crippen MR) is 144 cm³/mol. The third-order valence-corrected chi connectivity index (χ3v) is 6.65. The standard InChI is InChI=1S/C28H27ClN2O2S/c1-19(2)22-12-10-21(11-13-22)18-25-27(32)31(23-14-8-20(3)9-15-23)28(30-25)34-17-16-33-26-7-5-4-6-24(26)29/h4-15,18-19H,16-17H2,1-3H3. The molecule has 3 aromatic carbocycles. The van der Waals surface area contributed by atoms with E-state index in [0.29, 0.717) is 39.9 Å². The molecule has 1 amide bonds. The Kier molecular flexibility index (Phi) is 7.76. The largest absolute Gasteiger partial charge is 0.491 e. The van der Waals surface area contributed by atoms with Crippen molar-refractivity contribution in [3.05, 3.63) is 100 Å². The fraction of sp³-hybridized carbons (Fsp3) is 0.214. The van der Waals surface area contributed by atoms with E-state index in [1.54, 1.807) is 11.0 Å². The minimum Gasteiger partial charge on any atom is -0.491 e. The fourth-order valence-corrected chi connectivity index (χ4v) is 4.52. The lowest BCUT2D eigenvalue weighted by atomic mass is 10.0. The molecule has 0 saturated carbocycles. The Morgan fingerprint density at radius 1 is 1.03 bits per heavy atom. The van der Waals surface area contributed by atoms with Crippen LogP contribution in [-0.4, -0.2) is 23.4 Å². The molecule has 0 unspecified atom stereocenters. The molecule has 0 saturated heterocycles. The number of aliphatic imine (C=N–C) groups is 1. The van der Waals surface area contributed by atoms with E-state index in [1.807, 2.05) is 67.6 Å². The number of carbonyl (C=O) groups is 1. The molecule has 0 aliphatic carbocycles. The summed E-state index contributed by atoms with van der Waals surface area (Å²) in [4.78, 5) is 19.7. The van der Waals surface area contributed by atoms with Crippen LogP contribution in [0.5, 0.6) is 5.75 Å². The molecular weight excluding hydrogens is 464 g/mol. The quantitative estimate of drug-likeness (QED) is 0.257. The molecule has 4 rings (SSSR count). The topological polar surface area (TPSA) is 41.9 Å². The Hall–Kier alpha value is -3.02. The first-order chi connectivity index (χ1) is 16.4. The second-order valence-corrected chi connectivity index (χ2v) is 9.82. The maximum atomic E-state index is 13.4. The van der Waals surface area contributed by atoms with Crippen molar-refractivity contribution in [3.8, 4) is 5.75 Å². The zero-order chi connectivity index (χ0) is 24.1. The summed E-state index contributed by atoms with van der Waals surface area (Å²) in [6.07, 6.45) is 1.85. The lowest BCUT2D eigenvalue weighted by Gasteiger charge is -2.18. The molecule has 1 aliphatic heterocycles. The number of carbonyl (C=O) groups excluding carboxylic acids is 1. The number of anilines is 1. The lowest BCUT2D eigenvalue weighted by molar-refractivity contribution is -0.113. The van der Waals surface area contributed by atoms with Crippen LogP contribution in [0, 0.1) is 6.92 Å². The molecule has 0 bridgehead atoms. The average molecular weight is 491 g/mol. The first-order valence-electron chi connectivity index (χ1n) is 11.2. The number of amides is 1. The number of para-hydroxylation sites is 1. The summed E-state index contributed by atoms with van der Waals surface area (Å²) < 4.78 is 5.81. The van der Waals surface area contributed by atoms with E-state index in [4.69, 9.17) is 21.3 Å². The molecular formula is C28H27ClN2O2S. The van der Waals surface area contributed by atoms with Gasteiger partial charge in [0.15, 0.2) is 5.17 Å². The molecule has 0 radical (unpaired) electrons. The zero-order valence-corrected chi connectivity index (χ0v) is 21.1. The molecule has 3 aromatic rings. The van der Waals surface area contributed by atoms with E-state index in [2.05, 4.69) is 26.0 Å². The summed E-state index contributed by atoms with van der Waals surface area (Å²) in [7, 11) is 0. The summed E-state index contributed by atoms with van der Waals surface area (Å²) in [6.45, 7) is 6.80. The van der Waals surface area contributed by atoms with Gasteiger partial charge < -0.3 is 4.74 Å². The van der Waals surface area contributed by atoms with E-state index >= 15 is 0 Å². The fourth-order valence-electron chi connectivity index (χ4n) is 3.50. The van der Waals surface area contributed by atoms with Crippen molar-refractivity contribution in [3.63, 3.8) is 0 Å². The van der Waals surface area contributed by atoms with Crippen LogP contribution in [0.2, 0.25) is 5.02 Å². The molecule has 0 aromatic heterocycles. The number of ether oxygens (including phenoxy) is 1. The number of aryl methyl sites for hydroxylation is 1. The SMILES string of the molecule is Cc1ccc(N2C(=O)C(=Cc3ccc(C(C)C)cc3)N=C2SCCOc2ccccc2Cl)cc1. The van der Waals surface area contributed by atoms with Crippen molar-refractivity contribution >= 4 is 46.2 Å². The Labute approximate surface area is 210 Å². The van der Waals surface area contributed by atoms with Gasteiger partial charge in [-0.25, -0.2) is 4.99 Å². The van der Waals surface area contributed by atoms with Crippen molar-refractivity contribution in [2.24, 2.45) is 4.99 Å². The monoisotopic (exact) mass is 490 g/mol. The number of amidine groups is 1. The van der Waals surface area contributed by atoms with Gasteiger partial charge >= 0.3 is 0 Å². The number of benzene rings is 3. The van der Waals surface area contributed by atoms with Crippen LogP contribution in [-0.2, 0) is 4.79 Å². The number of hydrogen-bond donors (Lipinski definition) is 0. The summed E-state index contributed by atoms with van der Waals surface area (Å²) in [5, 5.41) is 1.22. The molecule has 4 nitrogen and oxygen atoms in total. The van der Waals surface area contributed by atoms with E-state index in [9.17, 15) is 4.79 Å². The second kappa shape index (κ2) is 10.9. The molecule has 34 heavy (non-hydrogen) atoms. The van der Waals surface area contributed by atoms with Gasteiger partial charge in [-0.2, -0.15) is 0 Å². The third-order valence-electron chi connectivity index (χ3n) is 5.44. The summed E-state index contributed by atoms with van der Waals surface area (Å²) in [6, 6.07) is 23.5. The Bertz CT molecular complexity index is 1220. The normalized spacial score (nSPS) is 14.7. The number of hydrogen-bond acceptors (Lipinski definition) is 4. The van der Waals surface area contributed by atoms with Crippen LogP contribution in [0.25, 0.3) is 6.08 Å². The van der Waals surface area contributed by atoms with Gasteiger partial charge in [-0.1, -0.05) is 91.3 Å². The Morgan fingerprint density at radius 3 is 2.41 bits per heavy atom. The molecule has 0 fully saturated rings. The van der Waals surface area contributed by atoms with Crippen LogP contribution in [0.15, 0.2) is 83.5 Å². The van der Waals surface area contributed by atoms with Gasteiger partial charge in [-0.15, -0.1) is 0 Å². The van der Waals surface area contributed by atoms with Gasteiger partial charge in [-0.05, 0) is 54.3 Å². The highest BCUT2D eigenvalue weighted by Gasteiger charge is 2.31. The summed E-state index contributed by atoms with van der Waals surface area (Å²) in [5.74, 6) is 1.60. The van der Waals surface area contributed by atoms with Gasteiger partial charge in [0.05, 0.1) is 17.3 Å². The molecule has 174 valence electrons. The second-order valence-electron chi connectivity index (χ2n) is 8.35. The van der Waals surface area contributed by atoms with Crippen LogP contribution in [0.4, 0.5) is 5.69 Å². The summed E-state index contributed by atoms with van der Waals surface area (Å²) in [5.41, 5.74) is 4.57. The van der Waals surface area contributed by atoms with E-state index in [1.165, 1.54) is 17.3 Å². The first-order valence-corrected chi connectivity index (χ1v) is 12.6. The molecule has 1 aliphatic rings. The number of rotatable bonds is 7. The van der Waals surface area contributed by atoms with Gasteiger partial charge in [0.1, 0.15) is 11.4 Å². The Balaban J connectivity index is 1.53. The van der Waals surface area contributed by atoms with Gasteiger partial charge in [0, 0.05) is 5.75 Å². The zero-order valence-electron chi connectivity index (χ0n) is 19.5. The van der Waals surface area contributed by atoms with Crippen molar-refractivity contribution in [2.75, 3.05) is 17.3 Å². The van der Waals surface area contributed by atoms with Crippen LogP contribution in [0.3, 0.4) is 0 Å². The van der Waals surface area contributed by atoms with Gasteiger partial charge in [-0.3, -0.25) is 9.69 Å². The third kappa shape index (κ3) is 5.72. The smallest absolute Gasteiger partial charge is 0.283 e. The molecule has 1 heterocycles. The van der Waals surface area contributed by atoms with Crippen LogP contribution < -0.4 is 9.64 Å². The van der Waals surface area contributed by atoms with Crippen LogP contribution in [0.1, 0.15) is 36.5 Å². The predicted octanol–water partition coefficient (Wildman–Crippen LogP) is 7.33. The maximum absolute atomic E-state index is 13.4. The lowest BCUT2D eigenvalue weighted by Crippen LogP contribution is -2.30. The number of nitrogens with zero attached hydrogens (tertiary/aromatic N) is 2. The average Bonchev–Trinajstić information content (AvgIpc) is 3.13. The highest BCUT2D eigenvalue weighted by atomic mass is 35.5. The number of thioether (sulfide) groups is 1. The first kappa shape index (κ1) is 24.1. The van der Waals surface area contributed by atoms with Gasteiger partial charge in [0.25, 0.3) is 5.91 Å². The number of halogens is 1. The van der Waals surface area contributed by atoms with E-state index in [-0.39, 0.29) is 5.91 Å². The maximum Gasteiger partial charge on any atom is 0.283 e. The highest BCUT2D eigenvalue weighted by Crippen LogP contribution is 2.30. The van der Waals surface area contributed by atoms with Crippen molar-refractivity contribution in [2.45, 2.75) is 26.7 Å². The van der Waals surface area contributed by atoms with Crippen molar-refractivity contribution in [1.29, 1.82) is 0 Å². The highest BCUT2D eigenvalue weighted by molar-refractivity contribution is 8.14. The van der Waals surface area contributed by atoms with Crippen molar-refractivity contribution < 1.29 is 9.53 Å². The molecule has 0 spiro atoms. The molecule has 6 heteroatoms. The van der Waals surface area contributed by atoms with Crippen LogP contribution >= 0.6 is 23.4 Å². The minimum atomic E-state index is -0.133. The van der Waals surface area contributed by atoms with Gasteiger partial charge in [0.2, 0.25) is 0 Å². The Morgan fingerprint density at radius 2 is 1.74 bits per heavy atom. The molecule has 0 atom stereocenters.